The number of carbonyl (C=O) groups is 1. The first-order valence-corrected chi connectivity index (χ1v) is 5.87. The van der Waals surface area contributed by atoms with Crippen LogP contribution in [0.15, 0.2) is 18.3 Å². The van der Waals surface area contributed by atoms with Gasteiger partial charge in [0.1, 0.15) is 0 Å². The number of rotatable bonds is 5. The van der Waals surface area contributed by atoms with Gasteiger partial charge in [-0.05, 0) is 31.9 Å². The van der Waals surface area contributed by atoms with Crippen LogP contribution in [0, 0.1) is 0 Å². The predicted octanol–water partition coefficient (Wildman–Crippen LogP) is 1.18. The fraction of sp³-hybridized carbons (Fsp3) is 0.583. The van der Waals surface area contributed by atoms with E-state index in [1.165, 1.54) is 0 Å². The Labute approximate surface area is 95.8 Å². The lowest BCUT2D eigenvalue weighted by Crippen LogP contribution is -2.26. The molecule has 16 heavy (non-hydrogen) atoms. The number of hydrogen-bond donors (Lipinski definition) is 2. The highest BCUT2D eigenvalue weighted by Crippen LogP contribution is 2.18. The molecule has 1 aromatic rings. The largest absolute Gasteiger partial charge is 0.353 e. The quantitative estimate of drug-likeness (QED) is 0.784. The molecule has 4 heteroatoms. The molecule has 1 atom stereocenters. The Balaban J connectivity index is 1.83. The fourth-order valence-electron chi connectivity index (χ4n) is 1.79. The monoisotopic (exact) mass is 221 g/mol. The van der Waals surface area contributed by atoms with Crippen molar-refractivity contribution < 1.29 is 4.79 Å². The molecule has 0 radical (unpaired) electrons. The molecule has 0 aliphatic heterocycles. The molecule has 4 nitrogen and oxygen atoms in total. The zero-order valence-corrected chi connectivity index (χ0v) is 9.65. The number of amides is 1. The number of nitrogens with zero attached hydrogens (tertiary/aromatic N) is 1. The van der Waals surface area contributed by atoms with Crippen molar-refractivity contribution in [2.45, 2.75) is 44.8 Å². The maximum absolute atomic E-state index is 11.5. The van der Waals surface area contributed by atoms with Crippen molar-refractivity contribution in [3.8, 4) is 0 Å². The highest BCUT2D eigenvalue weighted by Gasteiger charge is 2.22. The average molecular weight is 221 g/mol. The summed E-state index contributed by atoms with van der Waals surface area (Å²) in [6.45, 7) is 2.67. The highest BCUT2D eigenvalue weighted by atomic mass is 16.1. The van der Waals surface area contributed by atoms with E-state index < -0.39 is 0 Å². The number of carbonyl (C=O) groups excluding carboxylic acids is 1. The number of hydrogen-bond acceptors (Lipinski definition) is 2. The third-order valence-electron chi connectivity index (χ3n) is 2.85. The molecule has 1 aliphatic rings. The Hall–Kier alpha value is -1.29. The number of nitrogens with two attached hydrogens (primary N) is 1. The maximum atomic E-state index is 11.5. The van der Waals surface area contributed by atoms with Crippen LogP contribution in [0.4, 0.5) is 0 Å². The predicted molar refractivity (Wildman–Crippen MR) is 62.8 cm³/mol. The smallest absolute Gasteiger partial charge is 0.222 e. The van der Waals surface area contributed by atoms with E-state index in [4.69, 9.17) is 5.73 Å². The van der Waals surface area contributed by atoms with Gasteiger partial charge in [-0.1, -0.05) is 0 Å². The van der Waals surface area contributed by atoms with Gasteiger partial charge in [0.15, 0.2) is 0 Å². The Bertz CT molecular complexity index is 366. The van der Waals surface area contributed by atoms with Crippen LogP contribution in [0.3, 0.4) is 0 Å². The minimum atomic E-state index is 0.0153. The first kappa shape index (κ1) is 11.2. The van der Waals surface area contributed by atoms with E-state index in [1.807, 2.05) is 25.3 Å². The molecule has 0 saturated heterocycles. The zero-order valence-electron chi connectivity index (χ0n) is 9.65. The van der Waals surface area contributed by atoms with Crippen molar-refractivity contribution in [1.82, 2.24) is 9.88 Å². The summed E-state index contributed by atoms with van der Waals surface area (Å²) in [5.41, 5.74) is 6.92. The first-order valence-electron chi connectivity index (χ1n) is 5.87. The number of nitrogens with one attached hydrogen (secondary N) is 1. The second-order valence-corrected chi connectivity index (χ2v) is 4.51. The molecule has 1 unspecified atom stereocenters. The van der Waals surface area contributed by atoms with Crippen LogP contribution in [-0.4, -0.2) is 16.5 Å². The zero-order chi connectivity index (χ0) is 11.5. The second-order valence-electron chi connectivity index (χ2n) is 4.51. The van der Waals surface area contributed by atoms with E-state index in [-0.39, 0.29) is 11.9 Å². The van der Waals surface area contributed by atoms with Crippen molar-refractivity contribution in [2.75, 3.05) is 0 Å². The van der Waals surface area contributed by atoms with Crippen LogP contribution in [0.1, 0.15) is 37.9 Å². The van der Waals surface area contributed by atoms with Gasteiger partial charge in [0.05, 0.1) is 0 Å². The Morgan fingerprint density at radius 1 is 1.69 bits per heavy atom. The third kappa shape index (κ3) is 2.85. The summed E-state index contributed by atoms with van der Waals surface area (Å²) in [6, 6.07) is 4.44. The van der Waals surface area contributed by atoms with Gasteiger partial charge in [-0.15, -0.1) is 0 Å². The molecule has 1 aromatic heterocycles. The number of aryl methyl sites for hydroxylation is 1. The second kappa shape index (κ2) is 4.70. The Morgan fingerprint density at radius 2 is 2.44 bits per heavy atom. The molecule has 0 bridgehead atoms. The van der Waals surface area contributed by atoms with E-state index in [0.717, 1.165) is 18.5 Å². The van der Waals surface area contributed by atoms with Crippen LogP contribution in [-0.2, 0) is 11.3 Å². The molecule has 0 spiro atoms. The van der Waals surface area contributed by atoms with E-state index in [9.17, 15) is 4.79 Å². The normalized spacial score (nSPS) is 17.1. The SMILES string of the molecule is CC(N)c1cccn1CCC(=O)NC1CC1. The molecule has 0 aromatic carbocycles. The Kier molecular flexibility index (Phi) is 3.29. The van der Waals surface area contributed by atoms with Gasteiger partial charge < -0.3 is 15.6 Å². The Morgan fingerprint density at radius 3 is 3.06 bits per heavy atom. The van der Waals surface area contributed by atoms with Gasteiger partial charge in [-0.2, -0.15) is 0 Å². The maximum Gasteiger partial charge on any atom is 0.222 e. The molecular formula is C12H19N3O. The molecule has 3 N–H and O–H groups in total. The summed E-state index contributed by atoms with van der Waals surface area (Å²) in [5, 5.41) is 2.98. The van der Waals surface area contributed by atoms with Crippen molar-refractivity contribution in [3.05, 3.63) is 24.0 Å². The molecule has 1 aliphatic carbocycles. The highest BCUT2D eigenvalue weighted by molar-refractivity contribution is 5.76. The van der Waals surface area contributed by atoms with Gasteiger partial charge in [0.25, 0.3) is 0 Å². The van der Waals surface area contributed by atoms with Crippen molar-refractivity contribution in [1.29, 1.82) is 0 Å². The van der Waals surface area contributed by atoms with Gasteiger partial charge in [0, 0.05) is 36.9 Å². The molecule has 2 rings (SSSR count). The van der Waals surface area contributed by atoms with Crippen molar-refractivity contribution >= 4 is 5.91 Å². The molecule has 88 valence electrons. The minimum absolute atomic E-state index is 0.0153. The van der Waals surface area contributed by atoms with Crippen LogP contribution >= 0.6 is 0 Å². The fourth-order valence-corrected chi connectivity index (χ4v) is 1.79. The average Bonchev–Trinajstić information content (AvgIpc) is 2.91. The van der Waals surface area contributed by atoms with E-state index in [1.54, 1.807) is 0 Å². The topological polar surface area (TPSA) is 60.0 Å². The van der Waals surface area contributed by atoms with Gasteiger partial charge in [0.2, 0.25) is 5.91 Å². The lowest BCUT2D eigenvalue weighted by Gasteiger charge is -2.11. The summed E-state index contributed by atoms with van der Waals surface area (Å²) in [7, 11) is 0. The summed E-state index contributed by atoms with van der Waals surface area (Å²) >= 11 is 0. The molecule has 1 fully saturated rings. The van der Waals surface area contributed by atoms with Gasteiger partial charge >= 0.3 is 0 Å². The first-order chi connectivity index (χ1) is 7.66. The molecular weight excluding hydrogens is 202 g/mol. The molecule has 1 saturated carbocycles. The van der Waals surface area contributed by atoms with Crippen molar-refractivity contribution in [2.24, 2.45) is 5.73 Å². The van der Waals surface area contributed by atoms with Crippen molar-refractivity contribution in [3.63, 3.8) is 0 Å². The van der Waals surface area contributed by atoms with E-state index >= 15 is 0 Å². The summed E-state index contributed by atoms with van der Waals surface area (Å²) < 4.78 is 2.05. The minimum Gasteiger partial charge on any atom is -0.353 e. The van der Waals surface area contributed by atoms with Gasteiger partial charge in [-0.25, -0.2) is 0 Å². The molecule has 1 heterocycles. The lowest BCUT2D eigenvalue weighted by atomic mass is 10.2. The standard InChI is InChI=1S/C12H19N3O/c1-9(13)11-3-2-7-15(11)8-6-12(16)14-10-4-5-10/h2-3,7,9-10H,4-6,8,13H2,1H3,(H,14,16). The van der Waals surface area contributed by atoms with E-state index in [2.05, 4.69) is 9.88 Å². The van der Waals surface area contributed by atoms with Crippen LogP contribution in [0.2, 0.25) is 0 Å². The van der Waals surface area contributed by atoms with Gasteiger partial charge in [-0.3, -0.25) is 4.79 Å². The van der Waals surface area contributed by atoms with E-state index in [0.29, 0.717) is 19.0 Å². The summed E-state index contributed by atoms with van der Waals surface area (Å²) in [5.74, 6) is 0.145. The van der Waals surface area contributed by atoms with Crippen LogP contribution < -0.4 is 11.1 Å². The summed E-state index contributed by atoms with van der Waals surface area (Å²) in [6.07, 6.45) is 4.79. The molecule has 1 amide bonds. The van der Waals surface area contributed by atoms with Crippen LogP contribution in [0.25, 0.3) is 0 Å². The lowest BCUT2D eigenvalue weighted by molar-refractivity contribution is -0.121. The summed E-state index contributed by atoms with van der Waals surface area (Å²) in [4.78, 5) is 11.5. The number of aromatic nitrogens is 1. The van der Waals surface area contributed by atoms with Crippen LogP contribution in [0.5, 0.6) is 0 Å². The third-order valence-corrected chi connectivity index (χ3v) is 2.85.